The van der Waals surface area contributed by atoms with Crippen molar-refractivity contribution in [1.29, 1.82) is 0 Å². The predicted molar refractivity (Wildman–Crippen MR) is 64.2 cm³/mol. The van der Waals surface area contributed by atoms with E-state index in [1.807, 2.05) is 13.8 Å². The van der Waals surface area contributed by atoms with Gasteiger partial charge >= 0.3 is 0 Å². The second-order valence-corrected chi connectivity index (χ2v) is 3.27. The van der Waals surface area contributed by atoms with Gasteiger partial charge in [0, 0.05) is 27.1 Å². The smallest absolute Gasteiger partial charge is 0.245 e. The molecule has 0 aliphatic carbocycles. The Balaban J connectivity index is 0. The Morgan fingerprint density at radius 2 is 1.56 bits per heavy atom. The molecule has 2 N–H and O–H groups in total. The lowest BCUT2D eigenvalue weighted by Crippen LogP contribution is -2.27. The van der Waals surface area contributed by atoms with Crippen molar-refractivity contribution in [2.45, 2.75) is 33.6 Å². The molecule has 0 fully saturated rings. The normalized spacial score (nSPS) is 8.75. The molecule has 0 saturated heterocycles. The first-order chi connectivity index (χ1) is 7.58. The fraction of sp³-hybridized carbons (Fsp3) is 0.818. The Morgan fingerprint density at radius 3 is 1.88 bits per heavy atom. The van der Waals surface area contributed by atoms with Gasteiger partial charge in [-0.15, -0.1) is 0 Å². The van der Waals surface area contributed by atoms with Gasteiger partial charge in [-0.1, -0.05) is 13.8 Å². The fourth-order valence-corrected chi connectivity index (χ4v) is 0.748. The van der Waals surface area contributed by atoms with E-state index in [1.165, 1.54) is 14.0 Å². The molecule has 0 radical (unpaired) electrons. The van der Waals surface area contributed by atoms with Gasteiger partial charge in [0.2, 0.25) is 11.8 Å². The van der Waals surface area contributed by atoms with E-state index in [4.69, 9.17) is 0 Å². The van der Waals surface area contributed by atoms with E-state index in [1.54, 1.807) is 0 Å². The van der Waals surface area contributed by atoms with Crippen LogP contribution in [0.1, 0.15) is 33.6 Å². The highest BCUT2D eigenvalue weighted by molar-refractivity contribution is 5.77. The summed E-state index contributed by atoms with van der Waals surface area (Å²) in [5.41, 5.74) is 0. The lowest BCUT2D eigenvalue weighted by atomic mass is 10.5. The van der Waals surface area contributed by atoms with Crippen molar-refractivity contribution in [3.05, 3.63) is 0 Å². The van der Waals surface area contributed by atoms with Crippen molar-refractivity contribution in [3.63, 3.8) is 0 Å². The van der Waals surface area contributed by atoms with Crippen molar-refractivity contribution in [1.82, 2.24) is 10.6 Å². The molecule has 96 valence electrons. The third kappa shape index (κ3) is 18.6. The number of amides is 2. The fourth-order valence-electron chi connectivity index (χ4n) is 0.748. The molecule has 0 aromatic heterocycles. The molecule has 0 atom stereocenters. The highest BCUT2D eigenvalue weighted by Crippen LogP contribution is 1.72. The van der Waals surface area contributed by atoms with Gasteiger partial charge in [-0.05, 0) is 12.8 Å². The third-order valence-corrected chi connectivity index (χ3v) is 1.47. The Morgan fingerprint density at radius 1 is 1.06 bits per heavy atom. The Bertz CT molecular complexity index is 184. The largest absolute Gasteiger partial charge is 0.375 e. The van der Waals surface area contributed by atoms with Crippen LogP contribution in [0.3, 0.4) is 0 Å². The summed E-state index contributed by atoms with van der Waals surface area (Å²) >= 11 is 0. The number of carbonyl (C=O) groups is 2. The maximum Gasteiger partial charge on any atom is 0.245 e. The van der Waals surface area contributed by atoms with Crippen molar-refractivity contribution in [2.75, 3.05) is 26.8 Å². The van der Waals surface area contributed by atoms with E-state index in [0.29, 0.717) is 0 Å². The summed E-state index contributed by atoms with van der Waals surface area (Å²) in [6.45, 7) is 7.26. The van der Waals surface area contributed by atoms with Crippen molar-refractivity contribution in [3.8, 4) is 0 Å². The highest BCUT2D eigenvalue weighted by atomic mass is 16.5. The zero-order valence-corrected chi connectivity index (χ0v) is 10.8. The van der Waals surface area contributed by atoms with E-state index in [0.717, 1.165) is 25.9 Å². The summed E-state index contributed by atoms with van der Waals surface area (Å²) in [6.07, 6.45) is 1.98. The summed E-state index contributed by atoms with van der Waals surface area (Å²) < 4.78 is 4.59. The molecule has 0 spiro atoms. The topological polar surface area (TPSA) is 67.4 Å². The van der Waals surface area contributed by atoms with Crippen LogP contribution in [0.4, 0.5) is 0 Å². The van der Waals surface area contributed by atoms with E-state index < -0.39 is 0 Å². The molecular formula is C11H24N2O3. The molecule has 2 amide bonds. The van der Waals surface area contributed by atoms with Crippen molar-refractivity contribution < 1.29 is 14.3 Å². The molecule has 0 aromatic carbocycles. The van der Waals surface area contributed by atoms with Crippen molar-refractivity contribution >= 4 is 11.8 Å². The van der Waals surface area contributed by atoms with Gasteiger partial charge < -0.3 is 15.4 Å². The first kappa shape index (κ1) is 17.3. The van der Waals surface area contributed by atoms with Gasteiger partial charge in [0.15, 0.2) is 0 Å². The van der Waals surface area contributed by atoms with Crippen LogP contribution >= 0.6 is 0 Å². The van der Waals surface area contributed by atoms with Gasteiger partial charge in [-0.2, -0.15) is 0 Å². The molecule has 5 heteroatoms. The maximum absolute atomic E-state index is 10.6. The van der Waals surface area contributed by atoms with E-state index in [9.17, 15) is 9.59 Å². The molecular weight excluding hydrogens is 208 g/mol. The number of methoxy groups -OCH3 is 1. The number of nitrogens with one attached hydrogen (secondary N) is 2. The van der Waals surface area contributed by atoms with E-state index in [2.05, 4.69) is 15.4 Å². The van der Waals surface area contributed by atoms with E-state index >= 15 is 0 Å². The third-order valence-electron chi connectivity index (χ3n) is 1.47. The number of carbonyl (C=O) groups excluding carboxylic acids is 2. The van der Waals surface area contributed by atoms with Crippen LogP contribution in [0.25, 0.3) is 0 Å². The minimum absolute atomic E-state index is 0.0423. The standard InChI is InChI=1S/C6H13NO2.C5H11NO/c1-3-4-7-6(8)5-9-2;1-3-4-6-5(2)7/h3-5H2,1-2H3,(H,7,8);3-4H2,1-2H3,(H,6,7). The summed E-state index contributed by atoms with van der Waals surface area (Å²) in [5.74, 6) is 0.0150. The second kappa shape index (κ2) is 13.9. The molecule has 5 nitrogen and oxygen atoms in total. The van der Waals surface area contributed by atoms with Crippen molar-refractivity contribution in [2.24, 2.45) is 0 Å². The summed E-state index contributed by atoms with van der Waals surface area (Å²) in [6, 6.07) is 0. The predicted octanol–water partition coefficient (Wildman–Crippen LogP) is 0.691. The monoisotopic (exact) mass is 232 g/mol. The zero-order chi connectivity index (χ0) is 12.8. The van der Waals surface area contributed by atoms with Gasteiger partial charge in [0.1, 0.15) is 6.61 Å². The molecule has 0 rings (SSSR count). The Hall–Kier alpha value is -1.10. The second-order valence-electron chi connectivity index (χ2n) is 3.27. The first-order valence-corrected chi connectivity index (χ1v) is 5.58. The van der Waals surface area contributed by atoms with E-state index in [-0.39, 0.29) is 18.4 Å². The number of hydrogen-bond acceptors (Lipinski definition) is 3. The maximum atomic E-state index is 10.6. The summed E-state index contributed by atoms with van der Waals surface area (Å²) in [4.78, 5) is 20.7. The highest BCUT2D eigenvalue weighted by Gasteiger charge is 1.94. The van der Waals surface area contributed by atoms with Gasteiger partial charge in [-0.25, -0.2) is 0 Å². The minimum Gasteiger partial charge on any atom is -0.375 e. The van der Waals surface area contributed by atoms with Gasteiger partial charge in [-0.3, -0.25) is 9.59 Å². The Kier molecular flexibility index (Phi) is 15.0. The van der Waals surface area contributed by atoms with Crippen LogP contribution in [-0.4, -0.2) is 38.6 Å². The minimum atomic E-state index is -0.0423. The molecule has 0 aliphatic heterocycles. The van der Waals surface area contributed by atoms with Crippen LogP contribution in [0.15, 0.2) is 0 Å². The van der Waals surface area contributed by atoms with Crippen LogP contribution in [0, 0.1) is 0 Å². The lowest BCUT2D eigenvalue weighted by Gasteiger charge is -1.99. The molecule has 0 bridgehead atoms. The lowest BCUT2D eigenvalue weighted by molar-refractivity contribution is -0.124. The summed E-state index contributed by atoms with van der Waals surface area (Å²) in [7, 11) is 1.51. The average molecular weight is 232 g/mol. The molecule has 0 unspecified atom stereocenters. The number of ether oxygens (including phenoxy) is 1. The SMILES string of the molecule is CCCNC(=O)COC.CCCNC(C)=O. The van der Waals surface area contributed by atoms with Gasteiger partial charge in [0.25, 0.3) is 0 Å². The number of hydrogen-bond donors (Lipinski definition) is 2. The molecule has 16 heavy (non-hydrogen) atoms. The zero-order valence-electron chi connectivity index (χ0n) is 10.8. The van der Waals surface area contributed by atoms with Crippen LogP contribution < -0.4 is 10.6 Å². The summed E-state index contributed by atoms with van der Waals surface area (Å²) in [5, 5.41) is 5.33. The van der Waals surface area contributed by atoms with Crippen LogP contribution in [0.5, 0.6) is 0 Å². The molecule has 0 saturated carbocycles. The number of rotatable bonds is 6. The molecule has 0 aromatic rings. The van der Waals surface area contributed by atoms with Gasteiger partial charge in [0.05, 0.1) is 0 Å². The molecule has 0 heterocycles. The quantitative estimate of drug-likeness (QED) is 0.708. The first-order valence-electron chi connectivity index (χ1n) is 5.58. The Labute approximate surface area is 97.9 Å². The molecule has 0 aliphatic rings. The van der Waals surface area contributed by atoms with Crippen LogP contribution in [-0.2, 0) is 14.3 Å². The van der Waals surface area contributed by atoms with Crippen LogP contribution in [0.2, 0.25) is 0 Å². The average Bonchev–Trinajstić information content (AvgIpc) is 2.25.